The van der Waals surface area contributed by atoms with Crippen molar-refractivity contribution in [2.75, 3.05) is 4.90 Å². The Bertz CT molecular complexity index is 1170. The van der Waals surface area contributed by atoms with Gasteiger partial charge in [0.2, 0.25) is 0 Å². The van der Waals surface area contributed by atoms with E-state index in [1.54, 1.807) is 29.4 Å². The molecule has 0 aliphatic heterocycles. The normalized spacial score (nSPS) is 11.0. The molecule has 0 radical (unpaired) electrons. The van der Waals surface area contributed by atoms with E-state index >= 15 is 0 Å². The second-order valence-corrected chi connectivity index (χ2v) is 9.11. The number of amides is 1. The van der Waals surface area contributed by atoms with Crippen LogP contribution >= 0.6 is 38.9 Å². The summed E-state index contributed by atoms with van der Waals surface area (Å²) in [5.41, 5.74) is 4.61. The Hall–Kier alpha value is -2.28. The standard InChI is InChI=1S/C22H17BrClN3OS/c1-13-8-19-20(9-14(13)2)29-22(26-19)27(12-15-4-3-7-25-11-15)21(28)17-10-16(23)5-6-18(17)24/h3-11H,12H2,1-2H3. The van der Waals surface area contributed by atoms with Crippen LogP contribution in [0.3, 0.4) is 0 Å². The van der Waals surface area contributed by atoms with Crippen molar-refractivity contribution in [3.63, 3.8) is 0 Å². The van der Waals surface area contributed by atoms with Crippen molar-refractivity contribution in [3.8, 4) is 0 Å². The number of aryl methyl sites for hydroxylation is 2. The fourth-order valence-electron chi connectivity index (χ4n) is 2.99. The summed E-state index contributed by atoms with van der Waals surface area (Å²) in [6.07, 6.45) is 3.47. The van der Waals surface area contributed by atoms with Crippen LogP contribution in [0.15, 0.2) is 59.3 Å². The van der Waals surface area contributed by atoms with E-state index in [0.717, 1.165) is 20.3 Å². The lowest BCUT2D eigenvalue weighted by Gasteiger charge is -2.20. The topological polar surface area (TPSA) is 46.1 Å². The van der Waals surface area contributed by atoms with Crippen LogP contribution < -0.4 is 4.90 Å². The van der Waals surface area contributed by atoms with Gasteiger partial charge in [0, 0.05) is 16.9 Å². The van der Waals surface area contributed by atoms with E-state index in [-0.39, 0.29) is 5.91 Å². The third kappa shape index (κ3) is 4.20. The monoisotopic (exact) mass is 485 g/mol. The van der Waals surface area contributed by atoms with Crippen molar-refractivity contribution in [1.82, 2.24) is 9.97 Å². The highest BCUT2D eigenvalue weighted by atomic mass is 79.9. The summed E-state index contributed by atoms with van der Waals surface area (Å²) in [5.74, 6) is -0.201. The van der Waals surface area contributed by atoms with Gasteiger partial charge in [-0.2, -0.15) is 0 Å². The Morgan fingerprint density at radius 3 is 2.72 bits per heavy atom. The van der Waals surface area contributed by atoms with Crippen molar-refractivity contribution in [2.24, 2.45) is 0 Å². The number of benzene rings is 2. The first-order valence-corrected chi connectivity index (χ1v) is 10.9. The maximum atomic E-state index is 13.5. The maximum absolute atomic E-state index is 13.5. The molecular weight excluding hydrogens is 470 g/mol. The number of carbonyl (C=O) groups excluding carboxylic acids is 1. The number of thiazole rings is 1. The molecule has 4 aromatic rings. The van der Waals surface area contributed by atoms with Crippen LogP contribution in [-0.4, -0.2) is 15.9 Å². The number of aromatic nitrogens is 2. The largest absolute Gasteiger partial charge is 0.279 e. The number of halogens is 2. The molecule has 0 bridgehead atoms. The van der Waals surface area contributed by atoms with E-state index in [1.807, 2.05) is 18.2 Å². The minimum Gasteiger partial charge on any atom is -0.279 e. The molecule has 4 rings (SSSR count). The van der Waals surface area contributed by atoms with Crippen molar-refractivity contribution in [2.45, 2.75) is 20.4 Å². The van der Waals surface area contributed by atoms with Gasteiger partial charge in [-0.15, -0.1) is 0 Å². The van der Waals surface area contributed by atoms with Gasteiger partial charge < -0.3 is 0 Å². The second-order valence-electron chi connectivity index (χ2n) is 6.78. The Morgan fingerprint density at radius 2 is 1.97 bits per heavy atom. The minimum atomic E-state index is -0.201. The van der Waals surface area contributed by atoms with E-state index in [4.69, 9.17) is 16.6 Å². The first-order chi connectivity index (χ1) is 13.9. The predicted octanol–water partition coefficient (Wildman–Crippen LogP) is 6.57. The van der Waals surface area contributed by atoms with E-state index in [9.17, 15) is 4.79 Å². The van der Waals surface area contributed by atoms with Gasteiger partial charge in [0.1, 0.15) is 0 Å². The first kappa shape index (κ1) is 20.0. The van der Waals surface area contributed by atoms with E-state index in [0.29, 0.717) is 22.3 Å². The average molecular weight is 487 g/mol. The van der Waals surface area contributed by atoms with Gasteiger partial charge in [-0.25, -0.2) is 4.98 Å². The molecule has 2 aromatic carbocycles. The molecule has 0 saturated heterocycles. The zero-order valence-corrected chi connectivity index (χ0v) is 19.0. The van der Waals surface area contributed by atoms with Gasteiger partial charge in [0.05, 0.1) is 27.3 Å². The molecular formula is C22H17BrClN3OS. The van der Waals surface area contributed by atoms with Crippen LogP contribution in [-0.2, 0) is 6.54 Å². The predicted molar refractivity (Wildman–Crippen MR) is 123 cm³/mol. The van der Waals surface area contributed by atoms with Gasteiger partial charge in [-0.1, -0.05) is 44.9 Å². The molecule has 0 aliphatic rings. The van der Waals surface area contributed by atoms with Crippen molar-refractivity contribution < 1.29 is 4.79 Å². The van der Waals surface area contributed by atoms with Crippen molar-refractivity contribution in [1.29, 1.82) is 0 Å². The lowest BCUT2D eigenvalue weighted by atomic mass is 10.1. The summed E-state index contributed by atoms with van der Waals surface area (Å²) in [5, 5.41) is 1.04. The van der Waals surface area contributed by atoms with Gasteiger partial charge in [0.25, 0.3) is 5.91 Å². The van der Waals surface area contributed by atoms with Gasteiger partial charge >= 0.3 is 0 Å². The highest BCUT2D eigenvalue weighted by Crippen LogP contribution is 2.33. The quantitative estimate of drug-likeness (QED) is 0.328. The number of anilines is 1. The number of hydrogen-bond donors (Lipinski definition) is 0. The van der Waals surface area contributed by atoms with Crippen LogP contribution in [0.2, 0.25) is 5.02 Å². The van der Waals surface area contributed by atoms with Gasteiger partial charge in [0.15, 0.2) is 5.13 Å². The molecule has 0 unspecified atom stereocenters. The maximum Gasteiger partial charge on any atom is 0.261 e. The third-order valence-electron chi connectivity index (χ3n) is 4.69. The van der Waals surface area contributed by atoms with Crippen LogP contribution in [0, 0.1) is 13.8 Å². The molecule has 1 amide bonds. The van der Waals surface area contributed by atoms with Crippen molar-refractivity contribution >= 4 is 60.1 Å². The Balaban J connectivity index is 1.82. The molecule has 146 valence electrons. The van der Waals surface area contributed by atoms with E-state index in [2.05, 4.69) is 46.9 Å². The van der Waals surface area contributed by atoms with E-state index < -0.39 is 0 Å². The lowest BCUT2D eigenvalue weighted by molar-refractivity contribution is 0.0985. The summed E-state index contributed by atoms with van der Waals surface area (Å²) in [4.78, 5) is 24.1. The first-order valence-electron chi connectivity index (χ1n) is 8.96. The number of hydrogen-bond acceptors (Lipinski definition) is 4. The summed E-state index contributed by atoms with van der Waals surface area (Å²) in [7, 11) is 0. The molecule has 7 heteroatoms. The molecule has 2 aromatic heterocycles. The number of carbonyl (C=O) groups is 1. The summed E-state index contributed by atoms with van der Waals surface area (Å²) < 4.78 is 1.84. The summed E-state index contributed by atoms with van der Waals surface area (Å²) >= 11 is 11.3. The Morgan fingerprint density at radius 1 is 1.17 bits per heavy atom. The number of nitrogens with zero attached hydrogens (tertiary/aromatic N) is 3. The SMILES string of the molecule is Cc1cc2nc(N(Cc3cccnc3)C(=O)c3cc(Br)ccc3Cl)sc2cc1C. The summed E-state index contributed by atoms with van der Waals surface area (Å²) in [6, 6.07) is 13.2. The molecule has 0 N–H and O–H groups in total. The molecule has 0 fully saturated rings. The fraction of sp³-hybridized carbons (Fsp3) is 0.136. The van der Waals surface area contributed by atoms with Crippen LogP contribution in [0.25, 0.3) is 10.2 Å². The number of pyridine rings is 1. The molecule has 0 saturated carbocycles. The van der Waals surface area contributed by atoms with Crippen LogP contribution in [0.5, 0.6) is 0 Å². The third-order valence-corrected chi connectivity index (χ3v) is 6.55. The zero-order valence-electron chi connectivity index (χ0n) is 15.8. The van der Waals surface area contributed by atoms with Crippen molar-refractivity contribution in [3.05, 3.63) is 86.6 Å². The molecule has 4 nitrogen and oxygen atoms in total. The minimum absolute atomic E-state index is 0.201. The highest BCUT2D eigenvalue weighted by Gasteiger charge is 2.24. The second kappa shape index (κ2) is 8.22. The zero-order chi connectivity index (χ0) is 20.5. The fourth-order valence-corrected chi connectivity index (χ4v) is 4.59. The smallest absolute Gasteiger partial charge is 0.261 e. The van der Waals surface area contributed by atoms with E-state index in [1.165, 1.54) is 22.5 Å². The highest BCUT2D eigenvalue weighted by molar-refractivity contribution is 9.10. The van der Waals surface area contributed by atoms with Crippen LogP contribution in [0.4, 0.5) is 5.13 Å². The number of fused-ring (bicyclic) bond motifs is 1. The molecule has 0 spiro atoms. The van der Waals surface area contributed by atoms with Crippen LogP contribution in [0.1, 0.15) is 27.0 Å². The van der Waals surface area contributed by atoms with Gasteiger partial charge in [-0.3, -0.25) is 14.7 Å². The van der Waals surface area contributed by atoms with Gasteiger partial charge in [-0.05, 0) is 66.9 Å². The lowest BCUT2D eigenvalue weighted by Crippen LogP contribution is -2.30. The summed E-state index contributed by atoms with van der Waals surface area (Å²) in [6.45, 7) is 4.49. The molecule has 0 atom stereocenters. The molecule has 2 heterocycles. The number of rotatable bonds is 4. The Labute approximate surface area is 186 Å². The molecule has 29 heavy (non-hydrogen) atoms. The Kier molecular flexibility index (Phi) is 5.67. The average Bonchev–Trinajstić information content (AvgIpc) is 3.11. The molecule has 0 aliphatic carbocycles.